The van der Waals surface area contributed by atoms with Gasteiger partial charge in [-0.05, 0) is 5.56 Å². The van der Waals surface area contributed by atoms with E-state index >= 15 is 0 Å². The van der Waals surface area contributed by atoms with Crippen LogP contribution in [-0.4, -0.2) is 43.1 Å². The van der Waals surface area contributed by atoms with Gasteiger partial charge in [0.25, 0.3) is 11.8 Å². The number of carbonyl (C=O) groups excluding carboxylic acids is 2. The van der Waals surface area contributed by atoms with E-state index in [0.717, 1.165) is 10.5 Å². The second-order valence-electron chi connectivity index (χ2n) is 4.31. The Labute approximate surface area is 117 Å². The number of hydrogen-bond donors (Lipinski definition) is 0. The second kappa shape index (κ2) is 7.57. The van der Waals surface area contributed by atoms with Crippen LogP contribution in [0.2, 0.25) is 0 Å². The zero-order chi connectivity index (χ0) is 14.2. The van der Waals surface area contributed by atoms with Crippen molar-refractivity contribution < 1.29 is 19.1 Å². The summed E-state index contributed by atoms with van der Waals surface area (Å²) in [5.41, 5.74) is 1.12. The fourth-order valence-electron chi connectivity index (χ4n) is 1.79. The lowest BCUT2D eigenvalue weighted by molar-refractivity contribution is -0.137. The maximum absolute atomic E-state index is 11.2. The van der Waals surface area contributed by atoms with Crippen molar-refractivity contribution in [3.63, 3.8) is 0 Å². The first-order valence-corrected chi connectivity index (χ1v) is 6.50. The number of benzene rings is 1. The molecule has 2 rings (SSSR count). The Kier molecular flexibility index (Phi) is 5.46. The first-order valence-electron chi connectivity index (χ1n) is 6.50. The fraction of sp³-hybridized carbons (Fsp3) is 0.333. The first-order chi connectivity index (χ1) is 9.77. The molecule has 0 saturated carbocycles. The predicted molar refractivity (Wildman–Crippen MR) is 72.8 cm³/mol. The molecule has 0 aromatic heterocycles. The summed E-state index contributed by atoms with van der Waals surface area (Å²) in [6, 6.07) is 9.89. The standard InChI is InChI=1S/C15H17NO4/c17-14-6-7-15(18)16(14)8-9-19-10-11-20-12-13-4-2-1-3-5-13/h1-7H,8-12H2. The summed E-state index contributed by atoms with van der Waals surface area (Å²) in [6.07, 6.45) is 2.54. The third-order valence-electron chi connectivity index (χ3n) is 2.84. The van der Waals surface area contributed by atoms with Crippen LogP contribution in [0.4, 0.5) is 0 Å². The van der Waals surface area contributed by atoms with Crippen LogP contribution in [-0.2, 0) is 25.7 Å². The number of rotatable bonds is 8. The van der Waals surface area contributed by atoms with Crippen molar-refractivity contribution in [1.29, 1.82) is 0 Å². The molecule has 1 aliphatic rings. The van der Waals surface area contributed by atoms with Crippen LogP contribution < -0.4 is 0 Å². The van der Waals surface area contributed by atoms with E-state index < -0.39 is 0 Å². The van der Waals surface area contributed by atoms with E-state index in [4.69, 9.17) is 9.47 Å². The molecule has 0 saturated heterocycles. The number of hydrogen-bond acceptors (Lipinski definition) is 4. The van der Waals surface area contributed by atoms with Crippen molar-refractivity contribution in [1.82, 2.24) is 4.90 Å². The molecule has 0 aliphatic carbocycles. The van der Waals surface area contributed by atoms with E-state index in [2.05, 4.69) is 0 Å². The van der Waals surface area contributed by atoms with Crippen LogP contribution in [0.3, 0.4) is 0 Å². The average molecular weight is 275 g/mol. The van der Waals surface area contributed by atoms with Gasteiger partial charge in [-0.2, -0.15) is 0 Å². The van der Waals surface area contributed by atoms with E-state index in [-0.39, 0.29) is 18.4 Å². The number of amides is 2. The maximum atomic E-state index is 11.2. The highest BCUT2D eigenvalue weighted by Crippen LogP contribution is 2.03. The van der Waals surface area contributed by atoms with Crippen LogP contribution in [0.25, 0.3) is 0 Å². The van der Waals surface area contributed by atoms with Gasteiger partial charge in [-0.1, -0.05) is 30.3 Å². The molecule has 2 amide bonds. The highest BCUT2D eigenvalue weighted by molar-refractivity contribution is 6.12. The average Bonchev–Trinajstić information content (AvgIpc) is 2.79. The highest BCUT2D eigenvalue weighted by atomic mass is 16.5. The summed E-state index contributed by atoms with van der Waals surface area (Å²) in [4.78, 5) is 23.6. The van der Waals surface area contributed by atoms with Crippen molar-refractivity contribution in [3.05, 3.63) is 48.0 Å². The van der Waals surface area contributed by atoms with Gasteiger partial charge in [0.05, 0.1) is 33.0 Å². The van der Waals surface area contributed by atoms with Crippen molar-refractivity contribution in [3.8, 4) is 0 Å². The molecule has 0 radical (unpaired) electrons. The topological polar surface area (TPSA) is 55.8 Å². The molecule has 5 heteroatoms. The number of carbonyl (C=O) groups is 2. The molecule has 0 N–H and O–H groups in total. The summed E-state index contributed by atoms with van der Waals surface area (Å²) in [7, 11) is 0. The lowest BCUT2D eigenvalue weighted by Gasteiger charge is -2.13. The summed E-state index contributed by atoms with van der Waals surface area (Å²) < 4.78 is 10.8. The minimum atomic E-state index is -0.279. The molecule has 1 aliphatic heterocycles. The van der Waals surface area contributed by atoms with Gasteiger partial charge in [0.1, 0.15) is 0 Å². The lowest BCUT2D eigenvalue weighted by atomic mass is 10.2. The van der Waals surface area contributed by atoms with E-state index in [0.29, 0.717) is 26.4 Å². The zero-order valence-corrected chi connectivity index (χ0v) is 11.2. The van der Waals surface area contributed by atoms with Crippen molar-refractivity contribution >= 4 is 11.8 Å². The van der Waals surface area contributed by atoms with Gasteiger partial charge < -0.3 is 9.47 Å². The summed E-state index contributed by atoms with van der Waals surface area (Å²) in [5.74, 6) is -0.558. The minimum Gasteiger partial charge on any atom is -0.377 e. The molecule has 1 aromatic carbocycles. The van der Waals surface area contributed by atoms with Crippen molar-refractivity contribution in [2.75, 3.05) is 26.4 Å². The van der Waals surface area contributed by atoms with Gasteiger partial charge >= 0.3 is 0 Å². The molecule has 106 valence electrons. The Bertz CT molecular complexity index is 466. The van der Waals surface area contributed by atoms with Gasteiger partial charge in [0.2, 0.25) is 0 Å². The van der Waals surface area contributed by atoms with Gasteiger partial charge in [0.15, 0.2) is 0 Å². The molecule has 1 aromatic rings. The molecule has 0 atom stereocenters. The zero-order valence-electron chi connectivity index (χ0n) is 11.2. The largest absolute Gasteiger partial charge is 0.377 e. The molecular formula is C15H17NO4. The van der Waals surface area contributed by atoms with E-state index in [1.807, 2.05) is 30.3 Å². The van der Waals surface area contributed by atoms with Crippen molar-refractivity contribution in [2.24, 2.45) is 0 Å². The number of imide groups is 1. The van der Waals surface area contributed by atoms with E-state index in [1.165, 1.54) is 12.2 Å². The molecule has 0 bridgehead atoms. The summed E-state index contributed by atoms with van der Waals surface area (Å²) in [6.45, 7) is 2.08. The Morgan fingerprint density at radius 1 is 0.850 bits per heavy atom. The Balaban J connectivity index is 1.50. The van der Waals surface area contributed by atoms with Crippen LogP contribution in [0.15, 0.2) is 42.5 Å². The lowest BCUT2D eigenvalue weighted by Crippen LogP contribution is -2.33. The smallest absolute Gasteiger partial charge is 0.253 e. The molecule has 0 spiro atoms. The molecule has 1 heterocycles. The third-order valence-corrected chi connectivity index (χ3v) is 2.84. The number of nitrogens with zero attached hydrogens (tertiary/aromatic N) is 1. The molecule has 0 fully saturated rings. The molecule has 0 unspecified atom stereocenters. The molecule has 20 heavy (non-hydrogen) atoms. The van der Waals surface area contributed by atoms with Gasteiger partial charge in [0, 0.05) is 12.2 Å². The normalized spacial score (nSPS) is 14.3. The highest BCUT2D eigenvalue weighted by Gasteiger charge is 2.22. The van der Waals surface area contributed by atoms with Gasteiger partial charge in [-0.3, -0.25) is 14.5 Å². The van der Waals surface area contributed by atoms with Gasteiger partial charge in [-0.25, -0.2) is 0 Å². The Morgan fingerprint density at radius 3 is 2.20 bits per heavy atom. The Morgan fingerprint density at radius 2 is 1.50 bits per heavy atom. The van der Waals surface area contributed by atoms with Crippen LogP contribution in [0.5, 0.6) is 0 Å². The minimum absolute atomic E-state index is 0.279. The SMILES string of the molecule is O=C1C=CC(=O)N1CCOCCOCc1ccccc1. The van der Waals surface area contributed by atoms with Crippen molar-refractivity contribution in [2.45, 2.75) is 6.61 Å². The van der Waals surface area contributed by atoms with Crippen LogP contribution in [0, 0.1) is 0 Å². The third kappa shape index (κ3) is 4.29. The number of ether oxygens (including phenoxy) is 2. The predicted octanol–water partition coefficient (Wildman–Crippen LogP) is 1.14. The fourth-order valence-corrected chi connectivity index (χ4v) is 1.79. The molecule has 5 nitrogen and oxygen atoms in total. The molecular weight excluding hydrogens is 258 g/mol. The second-order valence-corrected chi connectivity index (χ2v) is 4.31. The van der Waals surface area contributed by atoms with Crippen LogP contribution >= 0.6 is 0 Å². The monoisotopic (exact) mass is 275 g/mol. The van der Waals surface area contributed by atoms with Gasteiger partial charge in [-0.15, -0.1) is 0 Å². The Hall–Kier alpha value is -1.98. The first kappa shape index (κ1) is 14.4. The summed E-state index contributed by atoms with van der Waals surface area (Å²) >= 11 is 0. The maximum Gasteiger partial charge on any atom is 0.253 e. The van der Waals surface area contributed by atoms with E-state index in [9.17, 15) is 9.59 Å². The van der Waals surface area contributed by atoms with E-state index in [1.54, 1.807) is 0 Å². The quantitative estimate of drug-likeness (QED) is 0.527. The van der Waals surface area contributed by atoms with Crippen LogP contribution in [0.1, 0.15) is 5.56 Å². The summed E-state index contributed by atoms with van der Waals surface area (Å²) in [5, 5.41) is 0.